The van der Waals surface area contributed by atoms with Crippen molar-refractivity contribution in [2.24, 2.45) is 0 Å². The van der Waals surface area contributed by atoms with E-state index < -0.39 is 0 Å². The fourth-order valence-electron chi connectivity index (χ4n) is 1.02. The van der Waals surface area contributed by atoms with Crippen LogP contribution in [0.25, 0.3) is 10.9 Å². The van der Waals surface area contributed by atoms with Crippen molar-refractivity contribution in [2.75, 3.05) is 0 Å². The molecule has 0 fully saturated rings. The molecule has 0 unspecified atom stereocenters. The molecule has 0 saturated carbocycles. The van der Waals surface area contributed by atoms with Crippen molar-refractivity contribution >= 4 is 23.3 Å². The Morgan fingerprint density at radius 2 is 1.12 bits per heavy atom. The first-order valence-corrected chi connectivity index (χ1v) is 3.26. The molecule has 0 aliphatic rings. The SMILES string of the molecule is Cl.O.O.O.O.O.O.c1ccc2ncccc2c1. The molecular formula is C9H20ClNO6. The lowest BCUT2D eigenvalue weighted by molar-refractivity contribution is 0.823. The van der Waals surface area contributed by atoms with Crippen LogP contribution in [0.4, 0.5) is 0 Å². The second-order valence-corrected chi connectivity index (χ2v) is 2.20. The van der Waals surface area contributed by atoms with E-state index in [9.17, 15) is 0 Å². The standard InChI is InChI=1S/C9H7N.ClH.6H2O/c1-2-6-9-8(4-1)5-3-7-10-9;;;;;;;/h1-7H;1H;6*1H2. The molecule has 0 atom stereocenters. The van der Waals surface area contributed by atoms with Crippen LogP contribution in [0, 0.1) is 0 Å². The minimum absolute atomic E-state index is 0. The van der Waals surface area contributed by atoms with Gasteiger partial charge in [-0.3, -0.25) is 4.98 Å². The third-order valence-corrected chi connectivity index (χ3v) is 1.51. The molecule has 7 nitrogen and oxygen atoms in total. The van der Waals surface area contributed by atoms with Crippen LogP contribution < -0.4 is 0 Å². The van der Waals surface area contributed by atoms with Gasteiger partial charge in [-0.1, -0.05) is 24.3 Å². The van der Waals surface area contributed by atoms with Gasteiger partial charge in [0.1, 0.15) is 0 Å². The predicted molar refractivity (Wildman–Crippen MR) is 70.7 cm³/mol. The number of fused-ring (bicyclic) bond motifs is 1. The molecule has 0 radical (unpaired) electrons. The molecule has 1 aromatic heterocycles. The quantitative estimate of drug-likeness (QED) is 0.511. The van der Waals surface area contributed by atoms with Crippen LogP contribution in [0.3, 0.4) is 0 Å². The largest absolute Gasteiger partial charge is 0.412 e. The summed E-state index contributed by atoms with van der Waals surface area (Å²) >= 11 is 0. The van der Waals surface area contributed by atoms with E-state index in [0.717, 1.165) is 5.52 Å². The summed E-state index contributed by atoms with van der Waals surface area (Å²) in [5.74, 6) is 0. The van der Waals surface area contributed by atoms with E-state index in [0.29, 0.717) is 0 Å². The lowest BCUT2D eigenvalue weighted by atomic mass is 10.2. The highest BCUT2D eigenvalue weighted by Gasteiger charge is 1.86. The smallest absolute Gasteiger partial charge is 0.0701 e. The fraction of sp³-hybridized carbons (Fsp3) is 0. The van der Waals surface area contributed by atoms with Gasteiger partial charge in [0.2, 0.25) is 0 Å². The number of aromatic nitrogens is 1. The molecule has 0 spiro atoms. The Hall–Kier alpha value is -1.32. The van der Waals surface area contributed by atoms with Crippen LogP contribution >= 0.6 is 12.4 Å². The molecule has 8 heteroatoms. The first-order valence-electron chi connectivity index (χ1n) is 3.26. The molecule has 2 aromatic rings. The second kappa shape index (κ2) is 17.1. The number of rotatable bonds is 0. The Labute approximate surface area is 104 Å². The topological polar surface area (TPSA) is 202 Å². The number of hydrogen-bond acceptors (Lipinski definition) is 1. The van der Waals surface area contributed by atoms with Crippen LogP contribution in [-0.2, 0) is 0 Å². The fourth-order valence-corrected chi connectivity index (χ4v) is 1.02. The van der Waals surface area contributed by atoms with Crippen LogP contribution in [-0.4, -0.2) is 37.8 Å². The number of halogens is 1. The molecule has 0 aliphatic carbocycles. The van der Waals surface area contributed by atoms with Crippen molar-refractivity contribution in [1.82, 2.24) is 4.98 Å². The summed E-state index contributed by atoms with van der Waals surface area (Å²) in [6.45, 7) is 0. The Kier molecular flexibility index (Phi) is 36.2. The monoisotopic (exact) mass is 273 g/mol. The van der Waals surface area contributed by atoms with Gasteiger partial charge in [-0.15, -0.1) is 12.4 Å². The normalized spacial score (nSPS) is 5.88. The van der Waals surface area contributed by atoms with E-state index >= 15 is 0 Å². The average Bonchev–Trinajstić information content (AvgIpc) is 2.05. The first kappa shape index (κ1) is 36.1. The lowest BCUT2D eigenvalue weighted by Crippen LogP contribution is -1.73. The van der Waals surface area contributed by atoms with Gasteiger partial charge in [0, 0.05) is 11.6 Å². The van der Waals surface area contributed by atoms with Crippen LogP contribution in [0.1, 0.15) is 0 Å². The maximum Gasteiger partial charge on any atom is 0.0701 e. The van der Waals surface area contributed by atoms with Gasteiger partial charge in [0.25, 0.3) is 0 Å². The Morgan fingerprint density at radius 3 is 1.65 bits per heavy atom. The maximum atomic E-state index is 4.18. The second-order valence-electron chi connectivity index (χ2n) is 2.20. The van der Waals surface area contributed by atoms with Crippen molar-refractivity contribution in [2.45, 2.75) is 0 Å². The van der Waals surface area contributed by atoms with Crippen molar-refractivity contribution in [3.63, 3.8) is 0 Å². The van der Waals surface area contributed by atoms with Gasteiger partial charge < -0.3 is 32.9 Å². The molecule has 0 bridgehead atoms. The Bertz CT molecular complexity index is 296. The molecule has 12 N–H and O–H groups in total. The number of nitrogens with zero attached hydrogens (tertiary/aromatic N) is 1. The van der Waals surface area contributed by atoms with Gasteiger partial charge in [-0.25, -0.2) is 0 Å². The summed E-state index contributed by atoms with van der Waals surface area (Å²) < 4.78 is 0. The van der Waals surface area contributed by atoms with Gasteiger partial charge in [-0.2, -0.15) is 0 Å². The van der Waals surface area contributed by atoms with Crippen molar-refractivity contribution in [3.8, 4) is 0 Å². The Morgan fingerprint density at radius 1 is 0.647 bits per heavy atom. The van der Waals surface area contributed by atoms with Crippen molar-refractivity contribution < 1.29 is 32.9 Å². The average molecular weight is 274 g/mol. The van der Waals surface area contributed by atoms with Crippen LogP contribution in [0.2, 0.25) is 0 Å². The van der Waals surface area contributed by atoms with E-state index in [4.69, 9.17) is 0 Å². The number of para-hydroxylation sites is 1. The zero-order chi connectivity index (χ0) is 6.81. The predicted octanol–water partition coefficient (Wildman–Crippen LogP) is -2.29. The zero-order valence-corrected chi connectivity index (χ0v) is 9.71. The number of benzene rings is 1. The van der Waals surface area contributed by atoms with E-state index in [1.165, 1.54) is 5.39 Å². The Balaban J connectivity index is -0.0000000432. The van der Waals surface area contributed by atoms with Gasteiger partial charge in [0.05, 0.1) is 5.52 Å². The molecule has 104 valence electrons. The number of hydrogen-bond donors (Lipinski definition) is 0. The molecule has 17 heavy (non-hydrogen) atoms. The molecule has 0 amide bonds. The summed E-state index contributed by atoms with van der Waals surface area (Å²) in [5.41, 5.74) is 1.06. The van der Waals surface area contributed by atoms with Crippen LogP contribution in [0.15, 0.2) is 42.6 Å². The van der Waals surface area contributed by atoms with Crippen molar-refractivity contribution in [1.29, 1.82) is 0 Å². The van der Waals surface area contributed by atoms with E-state index in [-0.39, 0.29) is 45.3 Å². The highest BCUT2D eigenvalue weighted by molar-refractivity contribution is 5.85. The number of pyridine rings is 1. The van der Waals surface area contributed by atoms with Gasteiger partial charge in [0.15, 0.2) is 0 Å². The molecule has 0 saturated heterocycles. The summed E-state index contributed by atoms with van der Waals surface area (Å²) in [4.78, 5) is 4.18. The minimum Gasteiger partial charge on any atom is -0.412 e. The molecular weight excluding hydrogens is 254 g/mol. The summed E-state index contributed by atoms with van der Waals surface area (Å²) in [5, 5.41) is 1.20. The van der Waals surface area contributed by atoms with Crippen molar-refractivity contribution in [3.05, 3.63) is 42.6 Å². The van der Waals surface area contributed by atoms with Gasteiger partial charge >= 0.3 is 0 Å². The highest BCUT2D eigenvalue weighted by atomic mass is 35.5. The van der Waals surface area contributed by atoms with E-state index in [1.807, 2.05) is 30.5 Å². The summed E-state index contributed by atoms with van der Waals surface area (Å²) in [6, 6.07) is 12.1. The molecule has 0 aliphatic heterocycles. The van der Waals surface area contributed by atoms with Crippen LogP contribution in [0.5, 0.6) is 0 Å². The van der Waals surface area contributed by atoms with E-state index in [1.54, 1.807) is 0 Å². The van der Waals surface area contributed by atoms with E-state index in [2.05, 4.69) is 17.1 Å². The molecule has 2 rings (SSSR count). The molecule has 1 aromatic carbocycles. The maximum absolute atomic E-state index is 4.18. The third-order valence-electron chi connectivity index (χ3n) is 1.51. The first-order chi connectivity index (χ1) is 4.97. The highest BCUT2D eigenvalue weighted by Crippen LogP contribution is 2.07. The summed E-state index contributed by atoms with van der Waals surface area (Å²) in [7, 11) is 0. The molecule has 1 heterocycles. The zero-order valence-electron chi connectivity index (χ0n) is 8.90. The summed E-state index contributed by atoms with van der Waals surface area (Å²) in [6.07, 6.45) is 1.81. The lowest BCUT2D eigenvalue weighted by Gasteiger charge is -1.91. The minimum atomic E-state index is 0. The third kappa shape index (κ3) is 8.48. The van der Waals surface area contributed by atoms with Gasteiger partial charge in [-0.05, 0) is 12.1 Å².